The lowest BCUT2D eigenvalue weighted by molar-refractivity contribution is -0.691. The normalized spacial score (nSPS) is 11.3. The van der Waals surface area contributed by atoms with Gasteiger partial charge in [0.25, 0.3) is 0 Å². The van der Waals surface area contributed by atoms with Crippen molar-refractivity contribution in [3.63, 3.8) is 0 Å². The van der Waals surface area contributed by atoms with Gasteiger partial charge in [-0.05, 0) is 12.2 Å². The molecule has 0 radical (unpaired) electrons. The van der Waals surface area contributed by atoms with Crippen LogP contribution in [0, 0.1) is 0 Å². The first-order chi connectivity index (χ1) is 11.1. The molecule has 0 aliphatic heterocycles. The number of hydrogen-bond donors (Lipinski definition) is 2. The molecule has 3 N–H and O–H groups in total. The minimum atomic E-state index is -0.435. The van der Waals surface area contributed by atoms with E-state index in [-0.39, 0.29) is 0 Å². The predicted octanol–water partition coefficient (Wildman–Crippen LogP) is 1.08. The number of primary amides is 1. The zero-order valence-electron chi connectivity index (χ0n) is 12.3. The van der Waals surface area contributed by atoms with Gasteiger partial charge < -0.3 is 10.9 Å². The highest BCUT2D eigenvalue weighted by atomic mass is 35.5. The molecule has 2 heterocycles. The van der Waals surface area contributed by atoms with Crippen molar-refractivity contribution in [3.8, 4) is 0 Å². The average Bonchev–Trinajstić information content (AvgIpc) is 2.54. The standard InChI is InChI=1S/C16H15ClN4O2/c17-15-12-21(10-5-14(15)11-19-23)7-2-1-6-20-8-3-13(4-9-20)16(18)22/h1-5,8-12H,6-7H2,(H-,18,22)/p+2. The minimum Gasteiger partial charge on any atom is -0.411 e. The number of rotatable bonds is 6. The fourth-order valence-electron chi connectivity index (χ4n) is 1.94. The van der Waals surface area contributed by atoms with E-state index in [1.807, 2.05) is 27.5 Å². The van der Waals surface area contributed by atoms with Crippen molar-refractivity contribution in [3.05, 3.63) is 71.3 Å². The lowest BCUT2D eigenvalue weighted by atomic mass is 10.2. The molecule has 1 amide bonds. The number of allylic oxidation sites excluding steroid dienone is 2. The van der Waals surface area contributed by atoms with E-state index < -0.39 is 5.91 Å². The van der Waals surface area contributed by atoms with Gasteiger partial charge >= 0.3 is 0 Å². The number of carbonyl (C=O) groups is 1. The first-order valence-electron chi connectivity index (χ1n) is 6.90. The van der Waals surface area contributed by atoms with Gasteiger partial charge in [-0.3, -0.25) is 4.79 Å². The Kier molecular flexibility index (Phi) is 5.82. The lowest BCUT2D eigenvalue weighted by Gasteiger charge is -1.96. The SMILES string of the molecule is NC(=O)c1cc[n+](CC=CC[n+]2ccc(C=NO)c(Cl)c2)cc1. The van der Waals surface area contributed by atoms with Crippen LogP contribution in [0.25, 0.3) is 0 Å². The van der Waals surface area contributed by atoms with E-state index >= 15 is 0 Å². The summed E-state index contributed by atoms with van der Waals surface area (Å²) < 4.78 is 3.84. The Hall–Kier alpha value is -2.73. The second-order valence-corrected chi connectivity index (χ2v) is 5.22. The van der Waals surface area contributed by atoms with Crippen molar-refractivity contribution >= 4 is 23.7 Å². The fourth-order valence-corrected chi connectivity index (χ4v) is 2.17. The van der Waals surface area contributed by atoms with Gasteiger partial charge in [0, 0.05) is 23.8 Å². The van der Waals surface area contributed by atoms with Gasteiger partial charge in [0.2, 0.25) is 5.91 Å². The number of oxime groups is 1. The summed E-state index contributed by atoms with van der Waals surface area (Å²) in [6.45, 7) is 1.35. The number of nitrogens with zero attached hydrogens (tertiary/aromatic N) is 3. The molecule has 23 heavy (non-hydrogen) atoms. The number of halogens is 1. The van der Waals surface area contributed by atoms with Gasteiger partial charge in [0.05, 0.1) is 11.8 Å². The summed E-state index contributed by atoms with van der Waals surface area (Å²) in [5.74, 6) is -0.435. The van der Waals surface area contributed by atoms with Crippen molar-refractivity contribution in [2.24, 2.45) is 10.9 Å². The Labute approximate surface area is 138 Å². The smallest absolute Gasteiger partial charge is 0.249 e. The summed E-state index contributed by atoms with van der Waals surface area (Å²) in [6.07, 6.45) is 12.5. The number of nitrogens with two attached hydrogens (primary N) is 1. The van der Waals surface area contributed by atoms with Gasteiger partial charge in [-0.2, -0.15) is 4.57 Å². The quantitative estimate of drug-likeness (QED) is 0.273. The Morgan fingerprint density at radius 2 is 1.78 bits per heavy atom. The van der Waals surface area contributed by atoms with Gasteiger partial charge in [-0.25, -0.2) is 4.57 Å². The van der Waals surface area contributed by atoms with E-state index in [1.165, 1.54) is 6.21 Å². The van der Waals surface area contributed by atoms with Crippen LogP contribution in [0.5, 0.6) is 0 Å². The number of aromatic nitrogens is 2. The van der Waals surface area contributed by atoms with Gasteiger partial charge in [-0.15, -0.1) is 0 Å². The van der Waals surface area contributed by atoms with Crippen LogP contribution < -0.4 is 14.9 Å². The molecule has 0 fully saturated rings. The molecule has 2 aromatic heterocycles. The van der Waals surface area contributed by atoms with Crippen molar-refractivity contribution in [1.82, 2.24) is 0 Å². The highest BCUT2D eigenvalue weighted by Gasteiger charge is 2.05. The zero-order valence-corrected chi connectivity index (χ0v) is 13.1. The number of hydrogen-bond acceptors (Lipinski definition) is 3. The maximum atomic E-state index is 11.0. The maximum absolute atomic E-state index is 11.0. The van der Waals surface area contributed by atoms with E-state index in [4.69, 9.17) is 22.5 Å². The summed E-state index contributed by atoms with van der Waals surface area (Å²) in [7, 11) is 0. The predicted molar refractivity (Wildman–Crippen MR) is 85.3 cm³/mol. The molecule has 0 saturated carbocycles. The van der Waals surface area contributed by atoms with E-state index in [9.17, 15) is 4.79 Å². The van der Waals surface area contributed by atoms with Crippen LogP contribution in [-0.4, -0.2) is 17.3 Å². The second kappa shape index (κ2) is 8.05. The van der Waals surface area contributed by atoms with Crippen LogP contribution in [0.4, 0.5) is 0 Å². The van der Waals surface area contributed by atoms with Crippen LogP contribution in [0.2, 0.25) is 5.02 Å². The molecule has 0 atom stereocenters. The first-order valence-corrected chi connectivity index (χ1v) is 7.28. The van der Waals surface area contributed by atoms with Crippen molar-refractivity contribution < 1.29 is 19.1 Å². The Balaban J connectivity index is 1.91. The number of amides is 1. The van der Waals surface area contributed by atoms with Crippen molar-refractivity contribution in [2.75, 3.05) is 0 Å². The highest BCUT2D eigenvalue weighted by molar-refractivity contribution is 6.32. The van der Waals surface area contributed by atoms with Crippen LogP contribution in [0.15, 0.2) is 60.3 Å². The maximum Gasteiger partial charge on any atom is 0.249 e. The third-order valence-corrected chi connectivity index (χ3v) is 3.49. The van der Waals surface area contributed by atoms with Gasteiger partial charge in [-0.1, -0.05) is 16.8 Å². The molecule has 0 aliphatic rings. The Morgan fingerprint density at radius 1 is 1.17 bits per heavy atom. The largest absolute Gasteiger partial charge is 0.411 e. The van der Waals surface area contributed by atoms with E-state index in [1.54, 1.807) is 36.8 Å². The molecule has 0 saturated heterocycles. The molecule has 7 heteroatoms. The van der Waals surface area contributed by atoms with Crippen LogP contribution in [0.3, 0.4) is 0 Å². The fraction of sp³-hybridized carbons (Fsp3) is 0.125. The summed E-state index contributed by atoms with van der Waals surface area (Å²) >= 11 is 6.07. The Bertz CT molecular complexity index is 742. The van der Waals surface area contributed by atoms with E-state index in [2.05, 4.69) is 5.16 Å². The highest BCUT2D eigenvalue weighted by Crippen LogP contribution is 2.09. The molecule has 118 valence electrons. The monoisotopic (exact) mass is 332 g/mol. The van der Waals surface area contributed by atoms with Crippen LogP contribution >= 0.6 is 11.6 Å². The Morgan fingerprint density at radius 3 is 2.35 bits per heavy atom. The van der Waals surface area contributed by atoms with Gasteiger partial charge in [0.15, 0.2) is 37.9 Å². The van der Waals surface area contributed by atoms with E-state index in [0.717, 1.165) is 0 Å². The average molecular weight is 333 g/mol. The molecule has 2 aromatic rings. The summed E-state index contributed by atoms with van der Waals surface area (Å²) in [5, 5.41) is 12.0. The first kappa shape index (κ1) is 16.6. The zero-order chi connectivity index (χ0) is 16.7. The number of carbonyl (C=O) groups excluding carboxylic acids is 1. The molecule has 0 unspecified atom stereocenters. The molecule has 6 nitrogen and oxygen atoms in total. The van der Waals surface area contributed by atoms with E-state index in [0.29, 0.717) is 29.2 Å². The molecular weight excluding hydrogens is 316 g/mol. The summed E-state index contributed by atoms with van der Waals surface area (Å²) in [4.78, 5) is 11.0. The molecule has 0 bridgehead atoms. The number of pyridine rings is 2. The second-order valence-electron chi connectivity index (χ2n) is 4.81. The van der Waals surface area contributed by atoms with Crippen molar-refractivity contribution in [1.29, 1.82) is 0 Å². The molecular formula is C16H17ClN4O2+2. The lowest BCUT2D eigenvalue weighted by Crippen LogP contribution is -2.34. The molecule has 0 aliphatic carbocycles. The molecule has 0 aromatic carbocycles. The van der Waals surface area contributed by atoms with Crippen molar-refractivity contribution in [2.45, 2.75) is 13.1 Å². The van der Waals surface area contributed by atoms with Crippen LogP contribution in [0.1, 0.15) is 15.9 Å². The third-order valence-electron chi connectivity index (χ3n) is 3.17. The van der Waals surface area contributed by atoms with Gasteiger partial charge in [0.1, 0.15) is 5.02 Å². The summed E-state index contributed by atoms with van der Waals surface area (Å²) in [6, 6.07) is 5.14. The molecule has 0 spiro atoms. The topological polar surface area (TPSA) is 83.4 Å². The minimum absolute atomic E-state index is 0.435. The molecule has 2 rings (SSSR count). The van der Waals surface area contributed by atoms with Crippen LogP contribution in [-0.2, 0) is 13.1 Å². The third kappa shape index (κ3) is 4.89. The summed E-state index contributed by atoms with van der Waals surface area (Å²) in [5.41, 5.74) is 6.33.